The molecular weight excluding hydrogens is 332 g/mol. The van der Waals surface area contributed by atoms with Gasteiger partial charge in [-0.2, -0.15) is 5.10 Å². The molecule has 2 atom stereocenters. The van der Waals surface area contributed by atoms with E-state index in [1.165, 1.54) is 12.8 Å². The summed E-state index contributed by atoms with van der Waals surface area (Å²) in [5.41, 5.74) is 0. The lowest BCUT2D eigenvalue weighted by molar-refractivity contribution is 0.389. The average molecular weight is 353 g/mol. The number of rotatable bonds is 5. The van der Waals surface area contributed by atoms with Crippen LogP contribution in [0.3, 0.4) is 0 Å². The molecular formula is C14H21BrN6. The van der Waals surface area contributed by atoms with Crippen LogP contribution in [0.15, 0.2) is 16.9 Å². The Morgan fingerprint density at radius 3 is 2.95 bits per heavy atom. The largest absolute Gasteiger partial charge is 0.314 e. The van der Waals surface area contributed by atoms with Gasteiger partial charge in [0.05, 0.1) is 23.3 Å². The molecule has 7 heteroatoms. The highest BCUT2D eigenvalue weighted by atomic mass is 79.9. The van der Waals surface area contributed by atoms with E-state index in [0.717, 1.165) is 35.6 Å². The summed E-state index contributed by atoms with van der Waals surface area (Å²) in [4.78, 5) is 0. The summed E-state index contributed by atoms with van der Waals surface area (Å²) in [7, 11) is 0. The molecule has 3 heterocycles. The fourth-order valence-corrected chi connectivity index (χ4v) is 3.25. The van der Waals surface area contributed by atoms with Crippen LogP contribution in [0.2, 0.25) is 0 Å². The van der Waals surface area contributed by atoms with Gasteiger partial charge in [-0.3, -0.25) is 4.68 Å². The molecule has 0 aliphatic carbocycles. The van der Waals surface area contributed by atoms with Crippen LogP contribution in [0, 0.1) is 0 Å². The first-order valence-corrected chi connectivity index (χ1v) is 8.29. The number of halogens is 1. The Balaban J connectivity index is 1.63. The molecule has 0 unspecified atom stereocenters. The van der Waals surface area contributed by atoms with Crippen molar-refractivity contribution in [2.45, 2.75) is 58.3 Å². The smallest absolute Gasteiger partial charge is 0.149 e. The molecule has 0 saturated carbocycles. The second kappa shape index (κ2) is 6.27. The van der Waals surface area contributed by atoms with Crippen molar-refractivity contribution in [1.29, 1.82) is 0 Å². The summed E-state index contributed by atoms with van der Waals surface area (Å²) >= 11 is 3.42. The minimum absolute atomic E-state index is 0.193. The molecule has 21 heavy (non-hydrogen) atoms. The third-order valence-corrected chi connectivity index (χ3v) is 4.28. The van der Waals surface area contributed by atoms with Gasteiger partial charge in [-0.25, -0.2) is 0 Å². The maximum Gasteiger partial charge on any atom is 0.149 e. The molecule has 2 aromatic rings. The lowest BCUT2D eigenvalue weighted by atomic mass is 10.1. The zero-order valence-corrected chi connectivity index (χ0v) is 14.0. The molecule has 0 bridgehead atoms. The standard InChI is InChI=1S/C14H21BrN6/c1-10(8-20-9-12(15)7-16-20)17-11(2)14-19-18-13-5-3-4-6-21(13)14/h7,9-11,17H,3-6,8H2,1-2H3/t10-,11-/m1/s1. The third-order valence-electron chi connectivity index (χ3n) is 3.87. The van der Waals surface area contributed by atoms with Crippen LogP contribution in [-0.2, 0) is 19.5 Å². The van der Waals surface area contributed by atoms with Gasteiger partial charge in [0.2, 0.25) is 0 Å². The van der Waals surface area contributed by atoms with E-state index in [2.05, 4.69) is 55.0 Å². The monoisotopic (exact) mass is 352 g/mol. The Morgan fingerprint density at radius 1 is 1.33 bits per heavy atom. The van der Waals surface area contributed by atoms with Crippen molar-refractivity contribution in [3.05, 3.63) is 28.5 Å². The first-order chi connectivity index (χ1) is 10.1. The predicted molar refractivity (Wildman–Crippen MR) is 83.9 cm³/mol. The van der Waals surface area contributed by atoms with Gasteiger partial charge in [-0.05, 0) is 42.6 Å². The van der Waals surface area contributed by atoms with Crippen LogP contribution in [0.1, 0.15) is 44.4 Å². The van der Waals surface area contributed by atoms with Crippen molar-refractivity contribution in [2.24, 2.45) is 0 Å². The molecule has 1 aliphatic heterocycles. The van der Waals surface area contributed by atoms with E-state index in [1.807, 2.05) is 17.1 Å². The first-order valence-electron chi connectivity index (χ1n) is 7.49. The Labute approximate surface area is 133 Å². The van der Waals surface area contributed by atoms with Crippen LogP contribution in [0.4, 0.5) is 0 Å². The summed E-state index contributed by atoms with van der Waals surface area (Å²) in [6.07, 6.45) is 7.30. The van der Waals surface area contributed by atoms with Gasteiger partial charge >= 0.3 is 0 Å². The maximum absolute atomic E-state index is 4.38. The number of fused-ring (bicyclic) bond motifs is 1. The number of hydrogen-bond donors (Lipinski definition) is 1. The number of aryl methyl sites for hydroxylation is 1. The van der Waals surface area contributed by atoms with Crippen molar-refractivity contribution in [1.82, 2.24) is 29.9 Å². The molecule has 0 fully saturated rings. The quantitative estimate of drug-likeness (QED) is 0.896. The summed E-state index contributed by atoms with van der Waals surface area (Å²) in [5.74, 6) is 2.19. The average Bonchev–Trinajstić information content (AvgIpc) is 3.04. The fraction of sp³-hybridized carbons (Fsp3) is 0.643. The molecule has 0 saturated heterocycles. The zero-order valence-electron chi connectivity index (χ0n) is 12.5. The van der Waals surface area contributed by atoms with Crippen LogP contribution in [0.5, 0.6) is 0 Å². The highest BCUT2D eigenvalue weighted by molar-refractivity contribution is 9.10. The molecule has 0 amide bonds. The lowest BCUT2D eigenvalue weighted by Gasteiger charge is -2.22. The van der Waals surface area contributed by atoms with E-state index in [-0.39, 0.29) is 6.04 Å². The second-order valence-electron chi connectivity index (χ2n) is 5.75. The van der Waals surface area contributed by atoms with Crippen LogP contribution >= 0.6 is 15.9 Å². The summed E-state index contributed by atoms with van der Waals surface area (Å²) in [6.45, 7) is 6.20. The Bertz CT molecular complexity index is 604. The normalized spacial score (nSPS) is 17.5. The molecule has 1 N–H and O–H groups in total. The van der Waals surface area contributed by atoms with E-state index >= 15 is 0 Å². The third kappa shape index (κ3) is 3.35. The molecule has 1 aliphatic rings. The van der Waals surface area contributed by atoms with Gasteiger partial charge in [0.15, 0.2) is 0 Å². The molecule has 2 aromatic heterocycles. The Hall–Kier alpha value is -1.21. The molecule has 0 radical (unpaired) electrons. The van der Waals surface area contributed by atoms with E-state index in [4.69, 9.17) is 0 Å². The van der Waals surface area contributed by atoms with Crippen molar-refractivity contribution >= 4 is 15.9 Å². The van der Waals surface area contributed by atoms with Crippen molar-refractivity contribution < 1.29 is 0 Å². The minimum Gasteiger partial charge on any atom is -0.314 e. The van der Waals surface area contributed by atoms with Gasteiger partial charge in [0.1, 0.15) is 11.6 Å². The van der Waals surface area contributed by atoms with E-state index in [9.17, 15) is 0 Å². The summed E-state index contributed by atoms with van der Waals surface area (Å²) in [5, 5.41) is 16.6. The van der Waals surface area contributed by atoms with E-state index in [1.54, 1.807) is 0 Å². The number of nitrogens with zero attached hydrogens (tertiary/aromatic N) is 5. The molecule has 114 valence electrons. The topological polar surface area (TPSA) is 60.6 Å². The van der Waals surface area contributed by atoms with Gasteiger partial charge in [-0.1, -0.05) is 0 Å². The zero-order chi connectivity index (χ0) is 14.8. The SMILES string of the molecule is C[C@H](Cn1cc(Br)cn1)N[C@H](C)c1nnc2n1CCCC2. The summed E-state index contributed by atoms with van der Waals surface area (Å²) < 4.78 is 5.22. The number of hydrogen-bond acceptors (Lipinski definition) is 4. The fourth-order valence-electron chi connectivity index (χ4n) is 2.92. The predicted octanol–water partition coefficient (Wildman–Crippen LogP) is 2.31. The van der Waals surface area contributed by atoms with Crippen LogP contribution in [-0.4, -0.2) is 30.6 Å². The first kappa shape index (κ1) is 14.7. The maximum atomic E-state index is 4.38. The number of nitrogens with one attached hydrogen (secondary N) is 1. The van der Waals surface area contributed by atoms with Crippen molar-refractivity contribution in [2.75, 3.05) is 0 Å². The summed E-state index contributed by atoms with van der Waals surface area (Å²) in [6, 6.07) is 0.502. The van der Waals surface area contributed by atoms with Crippen molar-refractivity contribution in [3.8, 4) is 0 Å². The van der Waals surface area contributed by atoms with Crippen LogP contribution in [0.25, 0.3) is 0 Å². The van der Waals surface area contributed by atoms with Crippen LogP contribution < -0.4 is 5.32 Å². The van der Waals surface area contributed by atoms with Gasteiger partial charge in [-0.15, -0.1) is 10.2 Å². The Morgan fingerprint density at radius 2 is 2.19 bits per heavy atom. The van der Waals surface area contributed by atoms with E-state index in [0.29, 0.717) is 6.04 Å². The van der Waals surface area contributed by atoms with Gasteiger partial charge < -0.3 is 9.88 Å². The highest BCUT2D eigenvalue weighted by Crippen LogP contribution is 2.19. The Kier molecular flexibility index (Phi) is 4.40. The van der Waals surface area contributed by atoms with Crippen molar-refractivity contribution in [3.63, 3.8) is 0 Å². The van der Waals surface area contributed by atoms with Gasteiger partial charge in [0.25, 0.3) is 0 Å². The molecule has 3 rings (SSSR count). The molecule has 0 spiro atoms. The molecule has 0 aromatic carbocycles. The second-order valence-corrected chi connectivity index (χ2v) is 6.67. The lowest BCUT2D eigenvalue weighted by Crippen LogP contribution is -2.34. The van der Waals surface area contributed by atoms with E-state index < -0.39 is 0 Å². The minimum atomic E-state index is 0.193. The van der Waals surface area contributed by atoms with Gasteiger partial charge in [0, 0.05) is 25.2 Å². The highest BCUT2D eigenvalue weighted by Gasteiger charge is 2.21. The molecule has 6 nitrogen and oxygen atoms in total. The number of aromatic nitrogens is 5.